The van der Waals surface area contributed by atoms with Crippen LogP contribution in [0.15, 0.2) is 36.5 Å². The third-order valence-electron chi connectivity index (χ3n) is 11.2. The quantitative estimate of drug-likeness (QED) is 0.262. The van der Waals surface area contributed by atoms with Gasteiger partial charge in [-0.1, -0.05) is 24.3 Å². The maximum Gasteiger partial charge on any atom is 0.319 e. The van der Waals surface area contributed by atoms with E-state index in [4.69, 9.17) is 9.72 Å². The fourth-order valence-electron chi connectivity index (χ4n) is 8.59. The molecule has 9 rings (SSSR count). The second kappa shape index (κ2) is 11.3. The van der Waals surface area contributed by atoms with E-state index >= 15 is 8.78 Å². The van der Waals surface area contributed by atoms with Gasteiger partial charge >= 0.3 is 6.01 Å². The first kappa shape index (κ1) is 30.4. The monoisotopic (exact) mass is 644 g/mol. The molecular formula is C36H39F3N6O2. The van der Waals surface area contributed by atoms with Crippen molar-refractivity contribution >= 4 is 33.4 Å². The minimum Gasteiger partial charge on any atom is -0.461 e. The molecule has 5 aliphatic heterocycles. The lowest BCUT2D eigenvalue weighted by molar-refractivity contribution is -0.135. The van der Waals surface area contributed by atoms with Gasteiger partial charge < -0.3 is 14.5 Å². The fraction of sp³-hybridized carbons (Fsp3) is 0.500. The largest absolute Gasteiger partial charge is 0.461 e. The number of hydrogen-bond donors (Lipinski definition) is 0. The van der Waals surface area contributed by atoms with Gasteiger partial charge in [0.25, 0.3) is 0 Å². The zero-order valence-electron chi connectivity index (χ0n) is 26.9. The Labute approximate surface area is 271 Å². The van der Waals surface area contributed by atoms with E-state index in [1.807, 2.05) is 24.1 Å². The fourth-order valence-corrected chi connectivity index (χ4v) is 8.59. The van der Waals surface area contributed by atoms with Crippen LogP contribution in [0.3, 0.4) is 0 Å². The Morgan fingerprint density at radius 1 is 1.04 bits per heavy atom. The number of nitrogens with zero attached hydrogens (tertiary/aromatic N) is 6. The predicted molar refractivity (Wildman–Crippen MR) is 174 cm³/mol. The van der Waals surface area contributed by atoms with E-state index in [1.54, 1.807) is 18.3 Å². The zero-order chi connectivity index (χ0) is 32.5. The summed E-state index contributed by atoms with van der Waals surface area (Å²) in [5.41, 5.74) is 0.0765. The van der Waals surface area contributed by atoms with Crippen LogP contribution in [0.1, 0.15) is 57.4 Å². The molecule has 0 unspecified atom stereocenters. The first-order chi connectivity index (χ1) is 22.7. The molecule has 246 valence electrons. The Morgan fingerprint density at radius 2 is 1.89 bits per heavy atom. The zero-order valence-corrected chi connectivity index (χ0v) is 26.9. The molecular weight excluding hydrogens is 605 g/mol. The highest BCUT2D eigenvalue weighted by Gasteiger charge is 2.49. The molecule has 11 heteroatoms. The molecule has 3 fully saturated rings. The number of piperidine rings is 1. The molecule has 0 spiro atoms. The maximum absolute atomic E-state index is 16.9. The van der Waals surface area contributed by atoms with Gasteiger partial charge in [-0.2, -0.15) is 9.97 Å². The second-order valence-electron chi connectivity index (χ2n) is 14.1. The van der Waals surface area contributed by atoms with Gasteiger partial charge in [-0.3, -0.25) is 14.7 Å². The Balaban J connectivity index is 1.32. The number of halogens is 3. The summed E-state index contributed by atoms with van der Waals surface area (Å²) in [5.74, 6) is -0.547. The molecule has 47 heavy (non-hydrogen) atoms. The van der Waals surface area contributed by atoms with Crippen LogP contribution in [0, 0.1) is 11.6 Å². The Hall–Kier alpha value is -3.99. The number of benzene rings is 2. The van der Waals surface area contributed by atoms with Gasteiger partial charge in [0.05, 0.1) is 16.5 Å². The van der Waals surface area contributed by atoms with E-state index in [2.05, 4.69) is 26.7 Å². The first-order valence-electron chi connectivity index (χ1n) is 16.8. The third-order valence-corrected chi connectivity index (χ3v) is 11.2. The van der Waals surface area contributed by atoms with Crippen molar-refractivity contribution in [2.75, 3.05) is 44.7 Å². The summed E-state index contributed by atoms with van der Waals surface area (Å²) in [6.07, 6.45) is 5.48. The molecule has 0 saturated carbocycles. The molecule has 4 aromatic rings. The normalized spacial score (nSPS) is 26.6. The highest BCUT2D eigenvalue weighted by Crippen LogP contribution is 2.42. The molecule has 2 aromatic heterocycles. The van der Waals surface area contributed by atoms with Crippen LogP contribution in [-0.2, 0) is 11.2 Å². The van der Waals surface area contributed by atoms with Crippen LogP contribution in [0.2, 0.25) is 0 Å². The number of fused-ring (bicyclic) bond motifs is 6. The molecule has 8 nitrogen and oxygen atoms in total. The molecule has 0 radical (unpaired) electrons. The van der Waals surface area contributed by atoms with Crippen molar-refractivity contribution in [3.8, 4) is 17.3 Å². The highest BCUT2D eigenvalue weighted by atomic mass is 19.1. The van der Waals surface area contributed by atoms with Crippen LogP contribution in [0.5, 0.6) is 6.01 Å². The summed E-state index contributed by atoms with van der Waals surface area (Å²) in [6, 6.07) is 8.57. The number of hydrogen-bond acceptors (Lipinski definition) is 7. The van der Waals surface area contributed by atoms with E-state index in [0.29, 0.717) is 66.6 Å². The van der Waals surface area contributed by atoms with Crippen molar-refractivity contribution in [3.63, 3.8) is 0 Å². The minimum absolute atomic E-state index is 0.00155. The summed E-state index contributed by atoms with van der Waals surface area (Å²) in [5, 5.41) is 1.77. The van der Waals surface area contributed by atoms with Crippen LogP contribution >= 0.6 is 0 Å². The average Bonchev–Trinajstić information content (AvgIpc) is 3.59. The van der Waals surface area contributed by atoms with Crippen molar-refractivity contribution in [2.45, 2.75) is 75.5 Å². The van der Waals surface area contributed by atoms with Crippen molar-refractivity contribution in [1.29, 1.82) is 0 Å². The summed E-state index contributed by atoms with van der Waals surface area (Å²) < 4.78 is 53.3. The molecule has 0 N–H and O–H groups in total. The van der Waals surface area contributed by atoms with Crippen LogP contribution < -0.4 is 9.64 Å². The number of carbonyl (C=O) groups is 1. The minimum atomic E-state index is -0.911. The van der Waals surface area contributed by atoms with Gasteiger partial charge in [0.1, 0.15) is 35.6 Å². The molecule has 6 bridgehead atoms. The van der Waals surface area contributed by atoms with E-state index in [0.717, 1.165) is 37.6 Å². The first-order valence-corrected chi connectivity index (χ1v) is 16.8. The lowest BCUT2D eigenvalue weighted by Gasteiger charge is -2.46. The van der Waals surface area contributed by atoms with Gasteiger partial charge in [-0.05, 0) is 74.4 Å². The molecule has 7 heterocycles. The number of carbonyl (C=O) groups excluding carboxylic acids is 1. The van der Waals surface area contributed by atoms with Crippen molar-refractivity contribution in [3.05, 3.63) is 53.7 Å². The second-order valence-corrected chi connectivity index (χ2v) is 14.1. The lowest BCUT2D eigenvalue weighted by atomic mass is 9.88. The highest BCUT2D eigenvalue weighted by molar-refractivity contribution is 6.01. The van der Waals surface area contributed by atoms with Gasteiger partial charge in [-0.25, -0.2) is 13.2 Å². The van der Waals surface area contributed by atoms with E-state index in [1.165, 1.54) is 6.07 Å². The van der Waals surface area contributed by atoms with E-state index in [-0.39, 0.29) is 36.2 Å². The summed E-state index contributed by atoms with van der Waals surface area (Å²) in [7, 11) is 1.83. The van der Waals surface area contributed by atoms with Gasteiger partial charge in [0.15, 0.2) is 5.82 Å². The molecule has 3 saturated heterocycles. The number of likely N-dealkylation sites (N-methyl/N-ethyl adjacent to an activating group) is 1. The van der Waals surface area contributed by atoms with Crippen molar-refractivity contribution in [2.24, 2.45) is 0 Å². The number of amides is 1. The third kappa shape index (κ3) is 5.00. The molecule has 1 amide bonds. The van der Waals surface area contributed by atoms with Crippen LogP contribution in [0.25, 0.3) is 32.9 Å². The summed E-state index contributed by atoms with van der Waals surface area (Å²) in [6.45, 7) is 4.61. The summed E-state index contributed by atoms with van der Waals surface area (Å²) in [4.78, 5) is 33.8. The lowest BCUT2D eigenvalue weighted by Crippen LogP contribution is -2.57. The van der Waals surface area contributed by atoms with Crippen LogP contribution in [0.4, 0.5) is 19.0 Å². The topological polar surface area (TPSA) is 74.7 Å². The number of anilines is 1. The summed E-state index contributed by atoms with van der Waals surface area (Å²) >= 11 is 0. The van der Waals surface area contributed by atoms with E-state index in [9.17, 15) is 9.18 Å². The molecule has 0 aliphatic carbocycles. The predicted octanol–water partition coefficient (Wildman–Crippen LogP) is 6.23. The molecule has 3 atom stereocenters. The number of aromatic nitrogens is 3. The average molecular weight is 645 g/mol. The van der Waals surface area contributed by atoms with Gasteiger partial charge in [0, 0.05) is 51.3 Å². The molecule has 5 aliphatic rings. The van der Waals surface area contributed by atoms with Crippen molar-refractivity contribution < 1.29 is 22.7 Å². The Morgan fingerprint density at radius 3 is 2.77 bits per heavy atom. The van der Waals surface area contributed by atoms with E-state index < -0.39 is 28.9 Å². The number of pyridine rings is 1. The maximum atomic E-state index is 16.9. The Bertz CT molecular complexity index is 1910. The molecule has 2 aromatic carbocycles. The Kier molecular flexibility index (Phi) is 7.31. The van der Waals surface area contributed by atoms with Gasteiger partial charge in [-0.15, -0.1) is 0 Å². The number of ether oxygens (including phenoxy) is 1. The standard InChI is InChI=1S/C36H39F3N6O2/c1-35-13-5-15-44(20-35)33-26-18-40-31(25-9-3-7-22-11-12-27(38)24(29(22)25)8-4-10-28(46)43(35)2)30(39)32(26)41-34(42-33)47-21-36-14-6-16-45(36)19-23(37)17-36/h3,7,9,11-12,18,23H,4-6,8,10,13-17,19-21H2,1-2H3/t23-,35-,36+/m1/s1. The van der Waals surface area contributed by atoms with Gasteiger partial charge in [0.2, 0.25) is 5.91 Å². The van der Waals surface area contributed by atoms with Crippen LogP contribution in [-0.4, -0.2) is 87.7 Å². The number of aryl methyl sites for hydroxylation is 1. The van der Waals surface area contributed by atoms with Crippen molar-refractivity contribution in [1.82, 2.24) is 24.8 Å². The smallest absolute Gasteiger partial charge is 0.319 e. The number of alkyl halides is 1. The SMILES string of the molecule is CN1C(=O)CCCc2c(F)ccc3cccc(c23)-c2ncc3c(nc(OC[C@@]45CCCN4C[C@H](F)C5)nc3c2F)N2CCC[C@]1(C)C2. The number of rotatable bonds is 3.